The first-order valence-corrected chi connectivity index (χ1v) is 11.5. The molecule has 1 aromatic carbocycles. The van der Waals surface area contributed by atoms with Gasteiger partial charge in [-0.2, -0.15) is 5.10 Å². The topological polar surface area (TPSA) is 92.5 Å². The average molecular weight is 448 g/mol. The van der Waals surface area contributed by atoms with Crippen molar-refractivity contribution in [2.24, 2.45) is 0 Å². The number of likely N-dealkylation sites (N-methyl/N-ethyl adjacent to an activating group) is 1. The molecule has 33 heavy (non-hydrogen) atoms. The van der Waals surface area contributed by atoms with Gasteiger partial charge in [-0.15, -0.1) is 0 Å². The molecule has 2 aliphatic rings. The van der Waals surface area contributed by atoms with Crippen molar-refractivity contribution in [3.8, 4) is 11.4 Å². The fourth-order valence-electron chi connectivity index (χ4n) is 4.56. The minimum absolute atomic E-state index is 0.226. The molecule has 0 unspecified atom stereocenters. The van der Waals surface area contributed by atoms with Crippen molar-refractivity contribution in [2.75, 3.05) is 25.1 Å². The average Bonchev–Trinajstić information content (AvgIpc) is 3.36. The van der Waals surface area contributed by atoms with Gasteiger partial charge in [-0.25, -0.2) is 9.67 Å². The largest absolute Gasteiger partial charge is 0.488 e. The normalized spacial score (nSPS) is 20.1. The Morgan fingerprint density at radius 1 is 1.24 bits per heavy atom. The van der Waals surface area contributed by atoms with E-state index in [1.807, 2.05) is 47.1 Å². The van der Waals surface area contributed by atoms with Gasteiger partial charge in [0.25, 0.3) is 5.91 Å². The van der Waals surface area contributed by atoms with E-state index in [9.17, 15) is 9.90 Å². The van der Waals surface area contributed by atoms with Crippen molar-refractivity contribution in [2.45, 2.75) is 44.2 Å². The zero-order chi connectivity index (χ0) is 22.8. The Labute approximate surface area is 193 Å². The van der Waals surface area contributed by atoms with Crippen LogP contribution in [-0.2, 0) is 6.42 Å². The van der Waals surface area contributed by atoms with Gasteiger partial charge in [0.05, 0.1) is 24.4 Å². The van der Waals surface area contributed by atoms with Gasteiger partial charge >= 0.3 is 0 Å². The second kappa shape index (κ2) is 9.23. The van der Waals surface area contributed by atoms with E-state index in [4.69, 9.17) is 4.74 Å². The number of amides is 1. The molecule has 1 aliphatic carbocycles. The van der Waals surface area contributed by atoms with Crippen LogP contribution in [0.3, 0.4) is 0 Å². The van der Waals surface area contributed by atoms with Gasteiger partial charge in [0.15, 0.2) is 11.6 Å². The van der Waals surface area contributed by atoms with E-state index < -0.39 is 6.10 Å². The molecule has 1 fully saturated rings. The van der Waals surface area contributed by atoms with Gasteiger partial charge in [0.1, 0.15) is 12.3 Å². The first-order valence-electron chi connectivity index (χ1n) is 11.5. The van der Waals surface area contributed by atoms with Crippen molar-refractivity contribution >= 4 is 11.7 Å². The fourth-order valence-corrected chi connectivity index (χ4v) is 4.56. The van der Waals surface area contributed by atoms with E-state index in [-0.39, 0.29) is 11.9 Å². The highest BCUT2D eigenvalue weighted by Gasteiger charge is 2.28. The first-order chi connectivity index (χ1) is 16.1. The number of hydrogen-bond acceptors (Lipinski definition) is 6. The van der Waals surface area contributed by atoms with Gasteiger partial charge in [-0.05, 0) is 42.7 Å². The van der Waals surface area contributed by atoms with Gasteiger partial charge in [-0.3, -0.25) is 4.79 Å². The lowest BCUT2D eigenvalue weighted by Gasteiger charge is -2.30. The van der Waals surface area contributed by atoms with Crippen molar-refractivity contribution < 1.29 is 14.6 Å². The number of nitrogens with one attached hydrogen (secondary N) is 1. The molecule has 2 N–H and O–H groups in total. The smallest absolute Gasteiger partial charge is 0.270 e. The van der Waals surface area contributed by atoms with Crippen molar-refractivity contribution in [3.63, 3.8) is 0 Å². The Morgan fingerprint density at radius 3 is 2.82 bits per heavy atom. The minimum Gasteiger partial charge on any atom is -0.488 e. The monoisotopic (exact) mass is 447 g/mol. The summed E-state index contributed by atoms with van der Waals surface area (Å²) in [7, 11) is 1.96. The number of aliphatic hydroxyl groups excluding tert-OH is 1. The molecule has 0 bridgehead atoms. The summed E-state index contributed by atoms with van der Waals surface area (Å²) in [5, 5.41) is 17.5. The Bertz CT molecular complexity index is 1110. The lowest BCUT2D eigenvalue weighted by Crippen LogP contribution is -2.45. The van der Waals surface area contributed by atoms with E-state index in [1.165, 1.54) is 0 Å². The van der Waals surface area contributed by atoms with E-state index in [0.29, 0.717) is 31.1 Å². The van der Waals surface area contributed by atoms with Crippen LogP contribution < -0.4 is 15.0 Å². The molecule has 1 amide bonds. The predicted molar refractivity (Wildman–Crippen MR) is 125 cm³/mol. The number of ether oxygens (including phenoxy) is 1. The van der Waals surface area contributed by atoms with E-state index in [2.05, 4.69) is 27.5 Å². The van der Waals surface area contributed by atoms with Crippen molar-refractivity contribution in [1.82, 2.24) is 20.1 Å². The highest BCUT2D eigenvalue weighted by molar-refractivity contribution is 5.93. The number of rotatable bonds is 5. The molecule has 8 heteroatoms. The molecule has 5 rings (SSSR count). The quantitative estimate of drug-likeness (QED) is 0.625. The molecule has 3 heterocycles. The lowest BCUT2D eigenvalue weighted by atomic mass is 9.92. The fraction of sp³-hybridized carbons (Fsp3) is 0.400. The van der Waals surface area contributed by atoms with Crippen molar-refractivity contribution in [1.29, 1.82) is 0 Å². The van der Waals surface area contributed by atoms with E-state index >= 15 is 0 Å². The maximum atomic E-state index is 13.1. The highest BCUT2D eigenvalue weighted by atomic mass is 16.5. The van der Waals surface area contributed by atoms with Crippen molar-refractivity contribution in [3.05, 3.63) is 65.6 Å². The van der Waals surface area contributed by atoms with Crippen LogP contribution in [0.1, 0.15) is 47.3 Å². The zero-order valence-corrected chi connectivity index (χ0v) is 18.8. The number of carbonyl (C=O) groups is 1. The maximum Gasteiger partial charge on any atom is 0.270 e. The van der Waals surface area contributed by atoms with Crippen LogP contribution in [0.4, 0.5) is 5.82 Å². The number of aliphatic hydroxyl groups is 1. The SMILES string of the molecule is CN1CCOc2c(Cc3ccc(-n4cccn4)cc3)cc(C(=O)N[C@H]3CCCC[C@@H]3O)nc21. The molecule has 2 aromatic heterocycles. The van der Waals surface area contributed by atoms with Crippen LogP contribution >= 0.6 is 0 Å². The molecule has 1 saturated carbocycles. The molecule has 8 nitrogen and oxygen atoms in total. The maximum absolute atomic E-state index is 13.1. The standard InChI is InChI=1S/C25H29N5O3/c1-29-13-14-33-23-18(15-17-7-9-19(10-8-17)30-12-4-11-26-30)16-21(27-24(23)29)25(32)28-20-5-2-3-6-22(20)31/h4,7-12,16,20,22,31H,2-3,5-6,13-15H2,1H3,(H,28,32)/t20-,22-/m0/s1. The first kappa shape index (κ1) is 21.5. The summed E-state index contributed by atoms with van der Waals surface area (Å²) in [6, 6.07) is 11.7. The highest BCUT2D eigenvalue weighted by Crippen LogP contribution is 2.35. The molecule has 1 aliphatic heterocycles. The van der Waals surface area contributed by atoms with Crippen LogP contribution in [0.5, 0.6) is 5.75 Å². The molecule has 0 spiro atoms. The van der Waals surface area contributed by atoms with E-state index in [0.717, 1.165) is 48.2 Å². The molecule has 0 radical (unpaired) electrons. The number of hydrogen-bond donors (Lipinski definition) is 2. The number of pyridine rings is 1. The van der Waals surface area contributed by atoms with Crippen LogP contribution in [-0.4, -0.2) is 58.1 Å². The Kier molecular flexibility index (Phi) is 6.00. The van der Waals surface area contributed by atoms with Gasteiger partial charge in [-0.1, -0.05) is 25.0 Å². The summed E-state index contributed by atoms with van der Waals surface area (Å²) in [4.78, 5) is 19.7. The third-order valence-electron chi connectivity index (χ3n) is 6.45. The third-order valence-corrected chi connectivity index (χ3v) is 6.45. The molecule has 0 saturated heterocycles. The third kappa shape index (κ3) is 4.57. The summed E-state index contributed by atoms with van der Waals surface area (Å²) in [5.41, 5.74) is 3.37. The summed E-state index contributed by atoms with van der Waals surface area (Å²) in [6.45, 7) is 1.29. The summed E-state index contributed by atoms with van der Waals surface area (Å²) < 4.78 is 7.81. The molecule has 3 aromatic rings. The second-order valence-electron chi connectivity index (χ2n) is 8.81. The number of benzene rings is 1. The summed E-state index contributed by atoms with van der Waals surface area (Å²) >= 11 is 0. The number of anilines is 1. The number of fused-ring (bicyclic) bond motifs is 1. The number of nitrogens with zero attached hydrogens (tertiary/aromatic N) is 4. The Balaban J connectivity index is 1.42. The molecule has 2 atom stereocenters. The minimum atomic E-state index is -0.501. The van der Waals surface area contributed by atoms with Gasteiger partial charge < -0.3 is 20.1 Å². The molecular formula is C25H29N5O3. The van der Waals surface area contributed by atoms with Gasteiger partial charge in [0.2, 0.25) is 0 Å². The Hall–Kier alpha value is -3.39. The molecule has 172 valence electrons. The molecular weight excluding hydrogens is 418 g/mol. The van der Waals surface area contributed by atoms with E-state index in [1.54, 1.807) is 6.20 Å². The van der Waals surface area contributed by atoms with Gasteiger partial charge in [0, 0.05) is 31.4 Å². The van der Waals surface area contributed by atoms with Crippen LogP contribution in [0, 0.1) is 0 Å². The summed E-state index contributed by atoms with van der Waals surface area (Å²) in [5.74, 6) is 1.16. The number of carbonyl (C=O) groups excluding carboxylic acids is 1. The summed E-state index contributed by atoms with van der Waals surface area (Å²) in [6.07, 6.45) is 7.29. The number of aromatic nitrogens is 3. The Morgan fingerprint density at radius 2 is 2.06 bits per heavy atom. The van der Waals surface area contributed by atoms with Crippen LogP contribution in [0.2, 0.25) is 0 Å². The zero-order valence-electron chi connectivity index (χ0n) is 18.8. The lowest BCUT2D eigenvalue weighted by molar-refractivity contribution is 0.0713. The second-order valence-corrected chi connectivity index (χ2v) is 8.81. The van der Waals surface area contributed by atoms with Crippen LogP contribution in [0.15, 0.2) is 48.8 Å². The van der Waals surface area contributed by atoms with Crippen LogP contribution in [0.25, 0.3) is 5.69 Å². The predicted octanol–water partition coefficient (Wildman–Crippen LogP) is 2.72.